The fraction of sp³-hybridized carbons (Fsp3) is 0.700. The van der Waals surface area contributed by atoms with Crippen LogP contribution in [0.1, 0.15) is 85.8 Å². The summed E-state index contributed by atoms with van der Waals surface area (Å²) in [6, 6.07) is 0.174. The van der Waals surface area contributed by atoms with Crippen LogP contribution in [0, 0.1) is 11.8 Å². The first-order valence-corrected chi connectivity index (χ1v) is 15.2. The van der Waals surface area contributed by atoms with Gasteiger partial charge in [0.15, 0.2) is 0 Å². The fourth-order valence-corrected chi connectivity index (χ4v) is 7.14. The SMILES string of the molecule is O=C(c1cnn(C2CCN(C(=O)N3CCC(CO)CC3)CC2)c1C1CC1)N1CC[C@@H](C2=C(C(F)(F)F)CCC=C2)C1. The first kappa shape index (κ1) is 28.3. The molecule has 3 saturated heterocycles. The van der Waals surface area contributed by atoms with Crippen molar-refractivity contribution in [2.45, 2.75) is 75.9 Å². The number of amides is 3. The summed E-state index contributed by atoms with van der Waals surface area (Å²) < 4.78 is 43.0. The molecule has 1 N–H and O–H groups in total. The van der Waals surface area contributed by atoms with Crippen LogP contribution in [-0.2, 0) is 0 Å². The average molecular weight is 576 g/mol. The molecular formula is C30H40F3N5O3. The zero-order valence-electron chi connectivity index (χ0n) is 23.5. The van der Waals surface area contributed by atoms with E-state index in [9.17, 15) is 27.9 Å². The maximum Gasteiger partial charge on any atom is 0.412 e. The van der Waals surface area contributed by atoms with E-state index in [1.807, 2.05) is 20.6 Å². The van der Waals surface area contributed by atoms with Gasteiger partial charge in [0.1, 0.15) is 0 Å². The minimum atomic E-state index is -4.34. The van der Waals surface area contributed by atoms with E-state index in [-0.39, 0.29) is 48.8 Å². The third kappa shape index (κ3) is 5.79. The van der Waals surface area contributed by atoms with Gasteiger partial charge < -0.3 is 19.8 Å². The molecule has 3 aliphatic heterocycles. The van der Waals surface area contributed by atoms with E-state index in [0.29, 0.717) is 63.2 Å². The first-order chi connectivity index (χ1) is 19.7. The van der Waals surface area contributed by atoms with Crippen LogP contribution in [0.3, 0.4) is 0 Å². The molecule has 41 heavy (non-hydrogen) atoms. The molecule has 1 saturated carbocycles. The molecule has 4 fully saturated rings. The zero-order chi connectivity index (χ0) is 28.7. The fourth-order valence-electron chi connectivity index (χ4n) is 7.14. The Kier molecular flexibility index (Phi) is 7.91. The zero-order valence-corrected chi connectivity index (χ0v) is 23.5. The van der Waals surface area contributed by atoms with Crippen LogP contribution < -0.4 is 0 Å². The molecular weight excluding hydrogens is 535 g/mol. The lowest BCUT2D eigenvalue weighted by molar-refractivity contribution is -0.0952. The number of nitrogens with zero attached hydrogens (tertiary/aromatic N) is 5. The second-order valence-electron chi connectivity index (χ2n) is 12.4. The molecule has 4 heterocycles. The van der Waals surface area contributed by atoms with Crippen LogP contribution in [0.15, 0.2) is 29.5 Å². The Morgan fingerprint density at radius 2 is 1.56 bits per heavy atom. The van der Waals surface area contributed by atoms with Gasteiger partial charge in [-0.3, -0.25) is 9.48 Å². The van der Waals surface area contributed by atoms with Crippen molar-refractivity contribution in [2.75, 3.05) is 45.9 Å². The highest BCUT2D eigenvalue weighted by Crippen LogP contribution is 2.45. The lowest BCUT2D eigenvalue weighted by Crippen LogP contribution is -2.49. The minimum absolute atomic E-state index is 0.00496. The summed E-state index contributed by atoms with van der Waals surface area (Å²) in [4.78, 5) is 32.3. The van der Waals surface area contributed by atoms with Crippen LogP contribution in [0.2, 0.25) is 0 Å². The summed E-state index contributed by atoms with van der Waals surface area (Å²) in [7, 11) is 0. The number of aliphatic hydroxyl groups excluding tert-OH is 1. The van der Waals surface area contributed by atoms with E-state index in [0.717, 1.165) is 44.2 Å². The molecule has 8 nitrogen and oxygen atoms in total. The molecule has 0 bridgehead atoms. The van der Waals surface area contributed by atoms with Gasteiger partial charge in [-0.05, 0) is 69.3 Å². The number of allylic oxidation sites excluding steroid dienone is 3. The summed E-state index contributed by atoms with van der Waals surface area (Å²) in [6.07, 6.45) is 6.88. The van der Waals surface area contributed by atoms with E-state index in [2.05, 4.69) is 5.10 Å². The maximum absolute atomic E-state index is 13.7. The molecule has 1 atom stereocenters. The standard InChI is InChI=1S/C30H40F3N5O3/c31-30(32,33)26-4-2-1-3-24(26)22-9-14-37(18-22)28(40)25-17-34-38(27(25)21-5-6-21)23-10-15-36(16-11-23)29(41)35-12-7-20(19-39)8-13-35/h1,3,17,20-23,39H,2,4-16,18-19H2/t22-/m1/s1. The highest BCUT2D eigenvalue weighted by atomic mass is 19.4. The van der Waals surface area contributed by atoms with Gasteiger partial charge >= 0.3 is 12.2 Å². The number of carbonyl (C=O) groups excluding carboxylic acids is 2. The molecule has 1 aromatic rings. The molecule has 0 radical (unpaired) electrons. The third-order valence-corrected chi connectivity index (χ3v) is 9.72. The van der Waals surface area contributed by atoms with E-state index in [1.54, 1.807) is 17.2 Å². The number of carbonyl (C=O) groups is 2. The summed E-state index contributed by atoms with van der Waals surface area (Å²) in [5.74, 6) is 0.131. The topological polar surface area (TPSA) is 81.9 Å². The van der Waals surface area contributed by atoms with E-state index in [1.165, 1.54) is 0 Å². The number of alkyl halides is 3. The number of aromatic nitrogens is 2. The van der Waals surface area contributed by atoms with Crippen molar-refractivity contribution in [3.8, 4) is 0 Å². The summed E-state index contributed by atoms with van der Waals surface area (Å²) >= 11 is 0. The van der Waals surface area contributed by atoms with E-state index < -0.39 is 11.7 Å². The first-order valence-electron chi connectivity index (χ1n) is 15.2. The summed E-state index contributed by atoms with van der Waals surface area (Å²) in [5, 5.41) is 14.1. The number of piperidine rings is 2. The molecule has 2 aliphatic carbocycles. The average Bonchev–Trinajstić information content (AvgIpc) is 3.53. The second kappa shape index (κ2) is 11.5. The largest absolute Gasteiger partial charge is 0.412 e. The Morgan fingerprint density at radius 1 is 0.902 bits per heavy atom. The molecule has 0 unspecified atom stereocenters. The number of urea groups is 1. The molecule has 0 aromatic carbocycles. The van der Waals surface area contributed by atoms with Crippen molar-refractivity contribution in [3.63, 3.8) is 0 Å². The highest BCUT2D eigenvalue weighted by Gasteiger charge is 2.41. The smallest absolute Gasteiger partial charge is 0.396 e. The van der Waals surface area contributed by atoms with Crippen molar-refractivity contribution in [1.29, 1.82) is 0 Å². The van der Waals surface area contributed by atoms with Crippen molar-refractivity contribution < 1.29 is 27.9 Å². The number of hydrogen-bond acceptors (Lipinski definition) is 4. The minimum Gasteiger partial charge on any atom is -0.396 e. The van der Waals surface area contributed by atoms with Gasteiger partial charge in [-0.25, -0.2) is 4.79 Å². The van der Waals surface area contributed by atoms with E-state index in [4.69, 9.17) is 0 Å². The lowest BCUT2D eigenvalue weighted by Gasteiger charge is -2.38. The van der Waals surface area contributed by atoms with Crippen LogP contribution in [0.25, 0.3) is 0 Å². The summed E-state index contributed by atoms with van der Waals surface area (Å²) in [5.41, 5.74) is 1.45. The van der Waals surface area contributed by atoms with Gasteiger partial charge in [0.25, 0.3) is 5.91 Å². The Bertz CT molecular complexity index is 1200. The number of likely N-dealkylation sites (tertiary alicyclic amines) is 3. The third-order valence-electron chi connectivity index (χ3n) is 9.72. The van der Waals surface area contributed by atoms with E-state index >= 15 is 0 Å². The quantitative estimate of drug-likeness (QED) is 0.542. The molecule has 0 spiro atoms. The van der Waals surface area contributed by atoms with Gasteiger partial charge in [0.05, 0.1) is 23.5 Å². The second-order valence-corrected chi connectivity index (χ2v) is 12.4. The molecule has 224 valence electrons. The number of hydrogen-bond donors (Lipinski definition) is 1. The van der Waals surface area contributed by atoms with Gasteiger partial charge in [-0.15, -0.1) is 0 Å². The lowest BCUT2D eigenvalue weighted by atomic mass is 9.87. The molecule has 3 amide bonds. The summed E-state index contributed by atoms with van der Waals surface area (Å²) in [6.45, 7) is 3.55. The van der Waals surface area contributed by atoms with Crippen LogP contribution >= 0.6 is 0 Å². The van der Waals surface area contributed by atoms with Crippen molar-refractivity contribution in [1.82, 2.24) is 24.5 Å². The predicted molar refractivity (Wildman–Crippen MR) is 146 cm³/mol. The molecule has 1 aromatic heterocycles. The van der Waals surface area contributed by atoms with Crippen LogP contribution in [0.5, 0.6) is 0 Å². The monoisotopic (exact) mass is 575 g/mol. The Morgan fingerprint density at radius 3 is 2.20 bits per heavy atom. The van der Waals surface area contributed by atoms with Crippen LogP contribution in [0.4, 0.5) is 18.0 Å². The number of rotatable bonds is 5. The Balaban J connectivity index is 1.11. The van der Waals surface area contributed by atoms with Crippen LogP contribution in [-0.4, -0.2) is 93.6 Å². The maximum atomic E-state index is 13.7. The highest BCUT2D eigenvalue weighted by molar-refractivity contribution is 5.95. The van der Waals surface area contributed by atoms with Crippen molar-refractivity contribution in [3.05, 3.63) is 40.8 Å². The van der Waals surface area contributed by atoms with Crippen molar-refractivity contribution >= 4 is 11.9 Å². The number of aliphatic hydroxyl groups is 1. The van der Waals surface area contributed by atoms with Gasteiger partial charge in [-0.1, -0.05) is 12.2 Å². The Hall–Kier alpha value is -2.82. The predicted octanol–water partition coefficient (Wildman–Crippen LogP) is 4.89. The number of halogens is 3. The molecule has 5 aliphatic rings. The normalized spacial score (nSPS) is 25.0. The van der Waals surface area contributed by atoms with Gasteiger partial charge in [0.2, 0.25) is 0 Å². The Labute approximate surface area is 238 Å². The molecule has 11 heteroatoms. The molecule has 6 rings (SSSR count). The van der Waals surface area contributed by atoms with Crippen molar-refractivity contribution in [2.24, 2.45) is 11.8 Å². The van der Waals surface area contributed by atoms with Gasteiger partial charge in [0, 0.05) is 63.3 Å². The van der Waals surface area contributed by atoms with Gasteiger partial charge in [-0.2, -0.15) is 18.3 Å².